The van der Waals surface area contributed by atoms with Gasteiger partial charge in [-0.15, -0.1) is 0 Å². The van der Waals surface area contributed by atoms with Gasteiger partial charge >= 0.3 is 6.03 Å². The van der Waals surface area contributed by atoms with E-state index in [9.17, 15) is 15.0 Å². The third kappa shape index (κ3) is 6.31. The summed E-state index contributed by atoms with van der Waals surface area (Å²) in [6.45, 7) is 2.77. The lowest BCUT2D eigenvalue weighted by Crippen LogP contribution is -2.69. The van der Waals surface area contributed by atoms with Crippen LogP contribution < -0.4 is 21.3 Å². The molecule has 2 saturated heterocycles. The molecule has 0 bridgehead atoms. The first-order valence-electron chi connectivity index (χ1n) is 9.47. The summed E-state index contributed by atoms with van der Waals surface area (Å²) in [6, 6.07) is -0.371. The number of urea groups is 1. The Morgan fingerprint density at radius 1 is 1.35 bits per heavy atom. The molecule has 10 heteroatoms. The van der Waals surface area contributed by atoms with Crippen LogP contribution in [-0.2, 0) is 4.74 Å². The van der Waals surface area contributed by atoms with Crippen LogP contribution in [0.5, 0.6) is 0 Å². The van der Waals surface area contributed by atoms with Gasteiger partial charge in [0.1, 0.15) is 18.6 Å². The number of aliphatic hydroxyl groups is 3. The zero-order valence-corrected chi connectivity index (χ0v) is 15.4. The molecule has 2 amide bonds. The summed E-state index contributed by atoms with van der Waals surface area (Å²) in [5, 5.41) is 40.4. The number of nitrogens with zero attached hydrogens (tertiary/aromatic N) is 1. The van der Waals surface area contributed by atoms with Crippen LogP contribution in [0.1, 0.15) is 45.4 Å². The predicted molar refractivity (Wildman–Crippen MR) is 94.4 cm³/mol. The Balaban J connectivity index is 1.64. The Kier molecular flexibility index (Phi) is 8.99. The van der Waals surface area contributed by atoms with Crippen molar-refractivity contribution in [2.24, 2.45) is 0 Å². The molecule has 5 unspecified atom stereocenters. The highest BCUT2D eigenvalue weighted by Gasteiger charge is 2.40. The van der Waals surface area contributed by atoms with E-state index in [1.54, 1.807) is 0 Å². The highest BCUT2D eigenvalue weighted by Crippen LogP contribution is 2.23. The maximum Gasteiger partial charge on any atom is 0.322 e. The highest BCUT2D eigenvalue weighted by atomic mass is 16.5. The van der Waals surface area contributed by atoms with Gasteiger partial charge in [-0.3, -0.25) is 15.5 Å². The first kappa shape index (κ1) is 21.3. The lowest BCUT2D eigenvalue weighted by molar-refractivity contribution is -0.0723. The maximum atomic E-state index is 12.2. The quantitative estimate of drug-likeness (QED) is 0.175. The summed E-state index contributed by atoms with van der Waals surface area (Å²) in [5.74, 6) is 0. The molecule has 0 saturated carbocycles. The van der Waals surface area contributed by atoms with Gasteiger partial charge in [-0.25, -0.2) is 10.1 Å². The Morgan fingerprint density at radius 3 is 2.77 bits per heavy atom. The van der Waals surface area contributed by atoms with Crippen LogP contribution in [-0.4, -0.2) is 77.1 Å². The lowest BCUT2D eigenvalue weighted by atomic mass is 10.1. The van der Waals surface area contributed by atoms with Gasteiger partial charge < -0.3 is 25.4 Å². The SMILES string of the molecule is CCCCCCCNC(O)NC1NCN(C2CC(O)C(CO)O2)C(=O)N1. The van der Waals surface area contributed by atoms with Gasteiger partial charge in [-0.05, 0) is 13.0 Å². The van der Waals surface area contributed by atoms with E-state index in [1.807, 2.05) is 0 Å². The standard InChI is InChI=1S/C16H33N5O5/c1-2-3-4-5-6-7-17-15(24)19-14-18-10-21(16(25)20-14)13-8-11(23)12(9-22)26-13/h11-15,17-19,22-24H,2-10H2,1H3,(H,20,25). The van der Waals surface area contributed by atoms with Crippen molar-refractivity contribution in [2.75, 3.05) is 19.8 Å². The number of amides is 2. The van der Waals surface area contributed by atoms with Crippen molar-refractivity contribution in [1.29, 1.82) is 0 Å². The summed E-state index contributed by atoms with van der Waals surface area (Å²) in [6.07, 6.45) is 2.42. The number of ether oxygens (including phenoxy) is 1. The zero-order chi connectivity index (χ0) is 18.9. The normalized spacial score (nSPS) is 30.5. The second kappa shape index (κ2) is 11.0. The summed E-state index contributed by atoms with van der Waals surface area (Å²) in [5.41, 5.74) is 0. The second-order valence-corrected chi connectivity index (χ2v) is 6.77. The maximum absolute atomic E-state index is 12.2. The minimum absolute atomic E-state index is 0.197. The van der Waals surface area contributed by atoms with Gasteiger partial charge in [0.2, 0.25) is 0 Å². The molecule has 26 heavy (non-hydrogen) atoms. The molecule has 2 heterocycles. The van der Waals surface area contributed by atoms with Crippen molar-refractivity contribution in [3.63, 3.8) is 0 Å². The minimum atomic E-state index is -0.936. The smallest absolute Gasteiger partial charge is 0.322 e. The molecule has 0 aromatic carbocycles. The molecule has 2 rings (SSSR count). The van der Waals surface area contributed by atoms with E-state index in [0.717, 1.165) is 12.8 Å². The molecular formula is C16H33N5O5. The molecule has 2 aliphatic heterocycles. The largest absolute Gasteiger partial charge is 0.394 e. The molecule has 0 aromatic rings. The number of rotatable bonds is 11. The van der Waals surface area contributed by atoms with Gasteiger partial charge in [0.25, 0.3) is 0 Å². The van der Waals surface area contributed by atoms with Gasteiger partial charge in [0.05, 0.1) is 19.4 Å². The topological polar surface area (TPSA) is 138 Å². The summed E-state index contributed by atoms with van der Waals surface area (Å²) in [7, 11) is 0. The summed E-state index contributed by atoms with van der Waals surface area (Å²) >= 11 is 0. The third-order valence-electron chi connectivity index (χ3n) is 4.67. The van der Waals surface area contributed by atoms with Crippen LogP contribution in [0.3, 0.4) is 0 Å². The fourth-order valence-electron chi connectivity index (χ4n) is 3.11. The van der Waals surface area contributed by atoms with Crippen LogP contribution in [0.15, 0.2) is 0 Å². The fraction of sp³-hybridized carbons (Fsp3) is 0.938. The van der Waals surface area contributed by atoms with E-state index in [1.165, 1.54) is 24.2 Å². The molecule has 7 N–H and O–H groups in total. The fourth-order valence-corrected chi connectivity index (χ4v) is 3.11. The number of carbonyl (C=O) groups is 1. The third-order valence-corrected chi connectivity index (χ3v) is 4.67. The molecule has 5 atom stereocenters. The van der Waals surface area contributed by atoms with Gasteiger partial charge in [0.15, 0.2) is 6.35 Å². The first-order valence-corrected chi connectivity index (χ1v) is 9.47. The summed E-state index contributed by atoms with van der Waals surface area (Å²) < 4.78 is 5.49. The van der Waals surface area contributed by atoms with Crippen LogP contribution in [0.2, 0.25) is 0 Å². The van der Waals surface area contributed by atoms with Crippen LogP contribution in [0.25, 0.3) is 0 Å². The monoisotopic (exact) mass is 375 g/mol. The molecule has 0 aliphatic carbocycles. The minimum Gasteiger partial charge on any atom is -0.394 e. The van der Waals surface area contributed by atoms with Gasteiger partial charge in [0, 0.05) is 6.42 Å². The Hall–Kier alpha value is -1.01. The second-order valence-electron chi connectivity index (χ2n) is 6.77. The van der Waals surface area contributed by atoms with Crippen molar-refractivity contribution >= 4 is 6.03 Å². The van der Waals surface area contributed by atoms with E-state index < -0.39 is 31.1 Å². The van der Waals surface area contributed by atoms with Crippen molar-refractivity contribution in [3.05, 3.63) is 0 Å². The number of hydrogen-bond donors (Lipinski definition) is 7. The van der Waals surface area contributed by atoms with Crippen LogP contribution in [0.4, 0.5) is 4.79 Å². The number of hydrogen-bond acceptors (Lipinski definition) is 8. The average molecular weight is 375 g/mol. The van der Waals surface area contributed by atoms with E-state index in [4.69, 9.17) is 9.84 Å². The van der Waals surface area contributed by atoms with E-state index in [-0.39, 0.29) is 25.7 Å². The number of aliphatic hydroxyl groups excluding tert-OH is 3. The average Bonchev–Trinajstić information content (AvgIpc) is 2.98. The van der Waals surface area contributed by atoms with Gasteiger partial charge in [-0.1, -0.05) is 32.6 Å². The number of unbranched alkanes of at least 4 members (excludes halogenated alkanes) is 4. The van der Waals surface area contributed by atoms with E-state index >= 15 is 0 Å². The molecule has 152 valence electrons. The van der Waals surface area contributed by atoms with Crippen LogP contribution >= 0.6 is 0 Å². The number of carbonyl (C=O) groups excluding carboxylic acids is 1. The predicted octanol–water partition coefficient (Wildman–Crippen LogP) is -1.26. The molecule has 0 radical (unpaired) electrons. The van der Waals surface area contributed by atoms with E-state index in [2.05, 4.69) is 28.2 Å². The molecule has 2 aliphatic rings. The van der Waals surface area contributed by atoms with Gasteiger partial charge in [-0.2, -0.15) is 0 Å². The Morgan fingerprint density at radius 2 is 2.12 bits per heavy atom. The Labute approximate surface area is 154 Å². The lowest BCUT2D eigenvalue weighted by Gasteiger charge is -2.37. The molecule has 0 aromatic heterocycles. The van der Waals surface area contributed by atoms with Crippen LogP contribution in [0, 0.1) is 0 Å². The number of nitrogens with one attached hydrogen (secondary N) is 4. The molecule has 2 fully saturated rings. The highest BCUT2D eigenvalue weighted by molar-refractivity contribution is 5.75. The summed E-state index contributed by atoms with van der Waals surface area (Å²) in [4.78, 5) is 13.7. The zero-order valence-electron chi connectivity index (χ0n) is 15.4. The first-order chi connectivity index (χ1) is 12.5. The van der Waals surface area contributed by atoms with Crippen molar-refractivity contribution in [3.8, 4) is 0 Å². The van der Waals surface area contributed by atoms with Crippen molar-refractivity contribution < 1.29 is 24.9 Å². The van der Waals surface area contributed by atoms with Crippen molar-refractivity contribution in [2.45, 2.75) is 76.5 Å². The molecule has 10 nitrogen and oxygen atoms in total. The van der Waals surface area contributed by atoms with E-state index in [0.29, 0.717) is 6.54 Å². The van der Waals surface area contributed by atoms with Crippen molar-refractivity contribution in [1.82, 2.24) is 26.2 Å². The Bertz CT molecular complexity index is 430. The molecule has 0 spiro atoms. The molecular weight excluding hydrogens is 342 g/mol.